The summed E-state index contributed by atoms with van der Waals surface area (Å²) in [6, 6.07) is 2.79. The minimum absolute atomic E-state index is 0.183. The number of hydrogen-bond acceptors (Lipinski definition) is 4. The Morgan fingerprint density at radius 2 is 1.78 bits per heavy atom. The van der Waals surface area contributed by atoms with Gasteiger partial charge in [-0.3, -0.25) is 18.7 Å². The van der Waals surface area contributed by atoms with Crippen molar-refractivity contribution in [2.75, 3.05) is 0 Å². The predicted molar refractivity (Wildman–Crippen MR) is 88.7 cm³/mol. The number of nitrogens with zero attached hydrogens (tertiary/aromatic N) is 1. The molecular weight excluding hydrogens is 389 g/mol. The molecule has 1 saturated carbocycles. The number of aromatic nitrogens is 1. The third kappa shape index (κ3) is 3.10. The van der Waals surface area contributed by atoms with Crippen LogP contribution < -0.4 is 11.3 Å². The maximum atomic E-state index is 13.4. The Morgan fingerprint density at radius 1 is 1.19 bits per heavy atom. The van der Waals surface area contributed by atoms with Crippen molar-refractivity contribution in [3.8, 4) is 0 Å². The lowest BCUT2D eigenvalue weighted by Crippen LogP contribution is -2.49. The third-order valence-electron chi connectivity index (χ3n) is 4.91. The van der Waals surface area contributed by atoms with Crippen LogP contribution in [0.4, 0.5) is 13.2 Å². The molecule has 0 unspecified atom stereocenters. The SMILES string of the molecule is NC(=O)C1(n2c(=O)cc(C(F)(F)F)c3cc(S(=O)(=O)O)ccc32)CCCC1. The van der Waals surface area contributed by atoms with Crippen molar-refractivity contribution in [2.45, 2.75) is 42.3 Å². The molecule has 1 amide bonds. The van der Waals surface area contributed by atoms with Crippen LogP contribution in [0.25, 0.3) is 10.9 Å². The maximum absolute atomic E-state index is 13.4. The van der Waals surface area contributed by atoms with Crippen LogP contribution in [0.2, 0.25) is 0 Å². The Morgan fingerprint density at radius 3 is 2.26 bits per heavy atom. The van der Waals surface area contributed by atoms with Gasteiger partial charge in [0.15, 0.2) is 0 Å². The van der Waals surface area contributed by atoms with Gasteiger partial charge in [0.05, 0.1) is 16.0 Å². The lowest BCUT2D eigenvalue weighted by atomic mass is 9.94. The first-order valence-electron chi connectivity index (χ1n) is 7.93. The number of primary amides is 1. The van der Waals surface area contributed by atoms with Crippen LogP contribution in [-0.2, 0) is 26.6 Å². The molecule has 0 spiro atoms. The van der Waals surface area contributed by atoms with Crippen molar-refractivity contribution in [2.24, 2.45) is 5.73 Å². The third-order valence-corrected chi connectivity index (χ3v) is 5.76. The summed E-state index contributed by atoms with van der Waals surface area (Å²) in [5.41, 5.74) is 1.31. The highest BCUT2D eigenvalue weighted by atomic mass is 32.2. The van der Waals surface area contributed by atoms with E-state index in [1.165, 1.54) is 0 Å². The van der Waals surface area contributed by atoms with Crippen LogP contribution >= 0.6 is 0 Å². The first-order chi connectivity index (χ1) is 12.4. The highest BCUT2D eigenvalue weighted by Gasteiger charge is 2.44. The number of amides is 1. The van der Waals surface area contributed by atoms with Crippen molar-refractivity contribution >= 4 is 26.9 Å². The summed E-state index contributed by atoms with van der Waals surface area (Å²) in [4.78, 5) is 23.9. The molecule has 1 aromatic carbocycles. The van der Waals surface area contributed by atoms with E-state index in [1.807, 2.05) is 0 Å². The van der Waals surface area contributed by atoms with Crippen LogP contribution in [0.1, 0.15) is 31.2 Å². The molecular formula is C16H15F3N2O5S. The molecule has 1 fully saturated rings. The van der Waals surface area contributed by atoms with E-state index in [9.17, 15) is 31.2 Å². The van der Waals surface area contributed by atoms with Gasteiger partial charge in [-0.05, 0) is 31.0 Å². The van der Waals surface area contributed by atoms with E-state index in [1.54, 1.807) is 0 Å². The Hall–Kier alpha value is -2.40. The minimum atomic E-state index is -4.95. The first-order valence-corrected chi connectivity index (χ1v) is 9.37. The average molecular weight is 404 g/mol. The fourth-order valence-corrected chi connectivity index (χ4v) is 4.19. The van der Waals surface area contributed by atoms with Gasteiger partial charge in [0, 0.05) is 11.5 Å². The minimum Gasteiger partial charge on any atom is -0.368 e. The number of carbonyl (C=O) groups excluding carboxylic acids is 1. The molecule has 1 aliphatic rings. The van der Waals surface area contributed by atoms with Crippen molar-refractivity contribution in [1.82, 2.24) is 4.57 Å². The standard InChI is InChI=1S/C16H15F3N2O5S/c17-16(18,19)11-8-13(22)21(15(14(20)23)5-1-2-6-15)12-4-3-9(7-10(11)12)27(24,25)26/h3-4,7-8H,1-2,5-6H2,(H2,20,23)(H,24,25,26). The summed E-state index contributed by atoms with van der Waals surface area (Å²) >= 11 is 0. The number of fused-ring (bicyclic) bond motifs is 1. The number of nitrogens with two attached hydrogens (primary N) is 1. The van der Waals surface area contributed by atoms with E-state index in [2.05, 4.69) is 0 Å². The maximum Gasteiger partial charge on any atom is 0.417 e. The van der Waals surface area contributed by atoms with Gasteiger partial charge in [-0.15, -0.1) is 0 Å². The van der Waals surface area contributed by atoms with Gasteiger partial charge in [0.1, 0.15) is 5.54 Å². The Balaban J connectivity index is 2.49. The number of hydrogen-bond donors (Lipinski definition) is 2. The zero-order valence-electron chi connectivity index (χ0n) is 13.8. The van der Waals surface area contributed by atoms with E-state index in [-0.39, 0.29) is 18.4 Å². The van der Waals surface area contributed by atoms with Crippen molar-refractivity contribution in [1.29, 1.82) is 0 Å². The molecule has 3 N–H and O–H groups in total. The monoisotopic (exact) mass is 404 g/mol. The first kappa shape index (κ1) is 19.4. The summed E-state index contributed by atoms with van der Waals surface area (Å²) in [6.45, 7) is 0. The fraction of sp³-hybridized carbons (Fsp3) is 0.375. The fourth-order valence-electron chi connectivity index (χ4n) is 3.69. The van der Waals surface area contributed by atoms with E-state index in [0.717, 1.165) is 16.7 Å². The molecule has 7 nitrogen and oxygen atoms in total. The summed E-state index contributed by atoms with van der Waals surface area (Å²) < 4.78 is 73.1. The molecule has 0 radical (unpaired) electrons. The van der Waals surface area contributed by atoms with Crippen molar-refractivity contribution in [3.05, 3.63) is 40.2 Å². The summed E-state index contributed by atoms with van der Waals surface area (Å²) in [5.74, 6) is -0.845. The molecule has 11 heteroatoms. The lowest BCUT2D eigenvalue weighted by Gasteiger charge is -2.30. The number of benzene rings is 1. The van der Waals surface area contributed by atoms with Gasteiger partial charge in [0.25, 0.3) is 15.7 Å². The number of rotatable bonds is 3. The van der Waals surface area contributed by atoms with Gasteiger partial charge in [-0.1, -0.05) is 12.8 Å². The summed E-state index contributed by atoms with van der Waals surface area (Å²) in [5, 5.41) is -0.621. The molecule has 1 aliphatic carbocycles. The zero-order chi connectivity index (χ0) is 20.2. The second-order valence-corrected chi connectivity index (χ2v) is 7.91. The van der Waals surface area contributed by atoms with Crippen LogP contribution in [0.3, 0.4) is 0 Å². The molecule has 0 atom stereocenters. The second kappa shape index (κ2) is 6.06. The normalized spacial score (nSPS) is 17.3. The van der Waals surface area contributed by atoms with E-state index < -0.39 is 49.1 Å². The van der Waals surface area contributed by atoms with Crippen molar-refractivity contribution < 1.29 is 30.9 Å². The van der Waals surface area contributed by atoms with Crippen LogP contribution in [0.15, 0.2) is 34.0 Å². The molecule has 1 aromatic heterocycles. The lowest BCUT2D eigenvalue weighted by molar-refractivity contribution is -0.136. The molecule has 27 heavy (non-hydrogen) atoms. The highest BCUT2D eigenvalue weighted by Crippen LogP contribution is 2.40. The topological polar surface area (TPSA) is 119 Å². The summed E-state index contributed by atoms with van der Waals surface area (Å²) in [6.07, 6.45) is -3.47. The number of carbonyl (C=O) groups is 1. The molecule has 0 saturated heterocycles. The predicted octanol–water partition coefficient (Wildman–Crippen LogP) is 2.02. The van der Waals surface area contributed by atoms with Crippen LogP contribution in [-0.4, -0.2) is 23.4 Å². The average Bonchev–Trinajstić information content (AvgIpc) is 3.02. The number of halogens is 3. The van der Waals surface area contributed by atoms with Crippen LogP contribution in [0, 0.1) is 0 Å². The van der Waals surface area contributed by atoms with Gasteiger partial charge in [0.2, 0.25) is 5.91 Å². The van der Waals surface area contributed by atoms with Gasteiger partial charge < -0.3 is 5.73 Å². The quantitative estimate of drug-likeness (QED) is 0.759. The molecule has 2 aromatic rings. The smallest absolute Gasteiger partial charge is 0.368 e. The Bertz CT molecular complexity index is 1100. The van der Waals surface area contributed by atoms with E-state index in [0.29, 0.717) is 25.0 Å². The van der Waals surface area contributed by atoms with Gasteiger partial charge in [-0.2, -0.15) is 21.6 Å². The number of pyridine rings is 1. The van der Waals surface area contributed by atoms with Crippen LogP contribution in [0.5, 0.6) is 0 Å². The van der Waals surface area contributed by atoms with Gasteiger partial charge >= 0.3 is 6.18 Å². The second-order valence-electron chi connectivity index (χ2n) is 6.49. The molecule has 0 aliphatic heterocycles. The Kier molecular flexibility index (Phi) is 4.35. The number of alkyl halides is 3. The molecule has 146 valence electrons. The molecule has 0 bridgehead atoms. The summed E-state index contributed by atoms with van der Waals surface area (Å²) in [7, 11) is -4.78. The molecule has 3 rings (SSSR count). The van der Waals surface area contributed by atoms with E-state index in [4.69, 9.17) is 10.3 Å². The largest absolute Gasteiger partial charge is 0.417 e. The van der Waals surface area contributed by atoms with E-state index >= 15 is 0 Å². The molecule has 1 heterocycles. The Labute approximate surface area is 151 Å². The van der Waals surface area contributed by atoms with Gasteiger partial charge in [-0.25, -0.2) is 0 Å². The highest BCUT2D eigenvalue weighted by molar-refractivity contribution is 7.85. The zero-order valence-corrected chi connectivity index (χ0v) is 14.6. The van der Waals surface area contributed by atoms with Crippen molar-refractivity contribution in [3.63, 3.8) is 0 Å².